The van der Waals surface area contributed by atoms with E-state index in [4.69, 9.17) is 34.2 Å². The van der Waals surface area contributed by atoms with Gasteiger partial charge in [0, 0.05) is 10.3 Å². The standard InChI is InChI=1S/C13H10Cl2N6O5S2/c14-11-19-12(15)21-13(20-11)18-8-4-7(28(17,23)24)2-5-1-6(27-26-25-16)3-9(22)10(5)8/h1-4,22H,16H2,(H2,17,23,24)(H,18,19,20,21). The predicted octanol–water partition coefficient (Wildman–Crippen LogP) is 2.26. The maximum Gasteiger partial charge on any atom is 0.238 e. The first-order valence-electron chi connectivity index (χ1n) is 7.05. The minimum Gasteiger partial charge on any atom is -0.507 e. The Bertz CT molecular complexity index is 1140. The third-order valence-corrected chi connectivity index (χ3v) is 5.11. The van der Waals surface area contributed by atoms with Crippen LogP contribution in [-0.4, -0.2) is 28.5 Å². The minimum absolute atomic E-state index is 0.0735. The van der Waals surface area contributed by atoms with Crippen LogP contribution in [0.15, 0.2) is 34.1 Å². The maximum absolute atomic E-state index is 11.9. The van der Waals surface area contributed by atoms with Crippen molar-refractivity contribution in [2.45, 2.75) is 9.79 Å². The van der Waals surface area contributed by atoms with Gasteiger partial charge in [0.05, 0.1) is 22.6 Å². The molecule has 1 aromatic heterocycles. The second-order valence-electron chi connectivity index (χ2n) is 5.13. The highest BCUT2D eigenvalue weighted by Crippen LogP contribution is 2.38. The van der Waals surface area contributed by atoms with E-state index < -0.39 is 10.0 Å². The van der Waals surface area contributed by atoms with Crippen molar-refractivity contribution in [2.75, 3.05) is 5.32 Å². The van der Waals surface area contributed by atoms with Gasteiger partial charge in [0.1, 0.15) is 5.75 Å². The molecule has 148 valence electrons. The van der Waals surface area contributed by atoms with Gasteiger partial charge in [-0.05, 0) is 52.9 Å². The van der Waals surface area contributed by atoms with Crippen LogP contribution in [0.25, 0.3) is 10.8 Å². The zero-order valence-electron chi connectivity index (χ0n) is 13.5. The largest absolute Gasteiger partial charge is 0.507 e. The van der Waals surface area contributed by atoms with Gasteiger partial charge in [0.2, 0.25) is 26.5 Å². The van der Waals surface area contributed by atoms with Gasteiger partial charge in [-0.15, -0.1) is 9.32 Å². The van der Waals surface area contributed by atoms with E-state index in [1.165, 1.54) is 24.3 Å². The lowest BCUT2D eigenvalue weighted by Crippen LogP contribution is -2.12. The molecule has 3 aromatic rings. The molecule has 3 rings (SSSR count). The van der Waals surface area contributed by atoms with Gasteiger partial charge in [-0.25, -0.2) is 13.6 Å². The first-order chi connectivity index (χ1) is 13.2. The highest BCUT2D eigenvalue weighted by Gasteiger charge is 2.17. The van der Waals surface area contributed by atoms with E-state index in [9.17, 15) is 13.5 Å². The Balaban J connectivity index is 2.21. The lowest BCUT2D eigenvalue weighted by atomic mass is 10.1. The number of halogens is 2. The number of nitrogens with two attached hydrogens (primary N) is 2. The minimum atomic E-state index is -4.08. The highest BCUT2D eigenvalue weighted by molar-refractivity contribution is 7.94. The van der Waals surface area contributed by atoms with E-state index in [2.05, 4.69) is 29.6 Å². The molecule has 28 heavy (non-hydrogen) atoms. The summed E-state index contributed by atoms with van der Waals surface area (Å²) in [4.78, 5) is 15.5. The molecule has 0 unspecified atom stereocenters. The summed E-state index contributed by atoms with van der Waals surface area (Å²) in [6.07, 6.45) is 0. The van der Waals surface area contributed by atoms with Crippen molar-refractivity contribution >= 4 is 67.7 Å². The van der Waals surface area contributed by atoms with E-state index in [0.29, 0.717) is 22.3 Å². The van der Waals surface area contributed by atoms with Crippen molar-refractivity contribution in [3.05, 3.63) is 34.8 Å². The number of nitrogens with zero attached hydrogens (tertiary/aromatic N) is 3. The van der Waals surface area contributed by atoms with Crippen molar-refractivity contribution in [1.29, 1.82) is 0 Å². The van der Waals surface area contributed by atoms with Crippen molar-refractivity contribution in [3.8, 4) is 5.75 Å². The summed E-state index contributed by atoms with van der Waals surface area (Å²) in [5.74, 6) is 4.50. The van der Waals surface area contributed by atoms with Crippen molar-refractivity contribution in [2.24, 2.45) is 11.0 Å². The van der Waals surface area contributed by atoms with E-state index in [-0.39, 0.29) is 38.2 Å². The molecule has 0 aliphatic rings. The number of rotatable bonds is 6. The van der Waals surface area contributed by atoms with Gasteiger partial charge in [0.25, 0.3) is 0 Å². The third kappa shape index (κ3) is 4.71. The van der Waals surface area contributed by atoms with Crippen LogP contribution in [0.3, 0.4) is 0 Å². The van der Waals surface area contributed by atoms with Gasteiger partial charge < -0.3 is 10.4 Å². The van der Waals surface area contributed by atoms with E-state index in [1.807, 2.05) is 0 Å². The number of aromatic nitrogens is 3. The van der Waals surface area contributed by atoms with Gasteiger partial charge in [0.15, 0.2) is 0 Å². The quantitative estimate of drug-likeness (QED) is 0.239. The molecule has 0 spiro atoms. The first kappa shape index (κ1) is 20.8. The van der Waals surface area contributed by atoms with Crippen LogP contribution in [0.1, 0.15) is 0 Å². The number of aromatic hydroxyl groups is 1. The molecule has 15 heteroatoms. The van der Waals surface area contributed by atoms with Crippen molar-refractivity contribution < 1.29 is 22.8 Å². The van der Waals surface area contributed by atoms with Gasteiger partial charge in [-0.3, -0.25) is 0 Å². The topological polar surface area (TPSA) is 176 Å². The number of benzene rings is 2. The molecule has 0 amide bonds. The molecule has 11 nitrogen and oxygen atoms in total. The number of hydrogen-bond donors (Lipinski definition) is 4. The van der Waals surface area contributed by atoms with Crippen LogP contribution >= 0.6 is 35.2 Å². The van der Waals surface area contributed by atoms with Crippen LogP contribution in [0.2, 0.25) is 10.6 Å². The summed E-state index contributed by atoms with van der Waals surface area (Å²) in [5.41, 5.74) is 0.130. The fraction of sp³-hybridized carbons (Fsp3) is 0. The van der Waals surface area contributed by atoms with Crippen LogP contribution in [0.5, 0.6) is 5.75 Å². The average Bonchev–Trinajstić information content (AvgIpc) is 2.57. The van der Waals surface area contributed by atoms with E-state index in [1.54, 1.807) is 0 Å². The Kier molecular flexibility index (Phi) is 6.07. The molecule has 0 aliphatic carbocycles. The lowest BCUT2D eigenvalue weighted by Gasteiger charge is -2.13. The Labute approximate surface area is 172 Å². The van der Waals surface area contributed by atoms with Crippen molar-refractivity contribution in [3.63, 3.8) is 0 Å². The monoisotopic (exact) mass is 464 g/mol. The molecule has 1 heterocycles. The fourth-order valence-corrected chi connectivity index (χ4v) is 3.70. The van der Waals surface area contributed by atoms with Crippen LogP contribution in [0, 0.1) is 0 Å². The van der Waals surface area contributed by atoms with Crippen LogP contribution < -0.4 is 16.4 Å². The Morgan fingerprint density at radius 1 is 1.11 bits per heavy atom. The van der Waals surface area contributed by atoms with E-state index >= 15 is 0 Å². The number of nitrogens with one attached hydrogen (secondary N) is 1. The summed E-state index contributed by atoms with van der Waals surface area (Å²) in [6.45, 7) is 0. The molecule has 0 bridgehead atoms. The van der Waals surface area contributed by atoms with Crippen LogP contribution in [0.4, 0.5) is 11.6 Å². The molecule has 2 aromatic carbocycles. The van der Waals surface area contributed by atoms with Gasteiger partial charge in [-0.2, -0.15) is 20.8 Å². The van der Waals surface area contributed by atoms with Gasteiger partial charge >= 0.3 is 0 Å². The molecule has 0 radical (unpaired) electrons. The Hall–Kier alpha value is -1.97. The number of hydrogen-bond acceptors (Lipinski definition) is 11. The smallest absolute Gasteiger partial charge is 0.238 e. The second-order valence-corrected chi connectivity index (χ2v) is 8.14. The summed E-state index contributed by atoms with van der Waals surface area (Å²) < 4.78 is 28.3. The molecular formula is C13H10Cl2N6O5S2. The lowest BCUT2D eigenvalue weighted by molar-refractivity contribution is -0.195. The molecule has 0 saturated carbocycles. The molecule has 0 saturated heterocycles. The average molecular weight is 465 g/mol. The maximum atomic E-state index is 11.9. The molecule has 0 atom stereocenters. The number of sulfonamides is 1. The number of fused-ring (bicyclic) bond motifs is 1. The molecular weight excluding hydrogens is 455 g/mol. The second kappa shape index (κ2) is 8.18. The third-order valence-electron chi connectivity index (χ3n) is 3.30. The van der Waals surface area contributed by atoms with E-state index in [0.717, 1.165) is 0 Å². The number of primary sulfonamides is 1. The SMILES string of the molecule is NOOSc1cc(O)c2c(Nc3nc(Cl)nc(Cl)n3)cc(S(N)(=O)=O)cc2c1. The Morgan fingerprint density at radius 3 is 2.39 bits per heavy atom. The van der Waals surface area contributed by atoms with Crippen molar-refractivity contribution in [1.82, 2.24) is 15.0 Å². The number of anilines is 2. The number of phenols is 1. The summed E-state index contributed by atoms with van der Waals surface area (Å²) >= 11 is 12.2. The molecule has 6 N–H and O–H groups in total. The first-order valence-corrected chi connectivity index (χ1v) is 10.1. The molecule has 0 aliphatic heterocycles. The summed E-state index contributed by atoms with van der Waals surface area (Å²) in [7, 11) is -4.08. The highest BCUT2D eigenvalue weighted by atomic mass is 35.5. The fourth-order valence-electron chi connectivity index (χ4n) is 2.31. The normalized spacial score (nSPS) is 11.7. The number of phenolic OH excluding ortho intramolecular Hbond substituents is 1. The zero-order valence-corrected chi connectivity index (χ0v) is 16.6. The predicted molar refractivity (Wildman–Crippen MR) is 102 cm³/mol. The summed E-state index contributed by atoms with van der Waals surface area (Å²) in [6, 6.07) is 5.35. The molecule has 0 fully saturated rings. The summed E-state index contributed by atoms with van der Waals surface area (Å²) in [5, 5.41) is 18.6. The van der Waals surface area contributed by atoms with Crippen LogP contribution in [-0.2, 0) is 19.3 Å². The Morgan fingerprint density at radius 2 is 1.79 bits per heavy atom. The zero-order chi connectivity index (χ0) is 20.5. The van der Waals surface area contributed by atoms with Gasteiger partial charge in [-0.1, -0.05) is 0 Å².